The quantitative estimate of drug-likeness (QED) is 0.776. The second-order valence-corrected chi connectivity index (χ2v) is 8.00. The summed E-state index contributed by atoms with van der Waals surface area (Å²) in [6, 6.07) is 5.33. The maximum absolute atomic E-state index is 12.5. The van der Waals surface area contributed by atoms with Gasteiger partial charge in [-0.15, -0.1) is 0 Å². The SMILES string of the molecule is O=C(Nc1ccc(Cl)cc1Cl)C1CCN(C(=O)NC2CCCCC2)CC1. The van der Waals surface area contributed by atoms with E-state index < -0.39 is 0 Å². The fourth-order valence-corrected chi connectivity index (χ4v) is 4.14. The Morgan fingerprint density at radius 1 is 1.00 bits per heavy atom. The van der Waals surface area contributed by atoms with Gasteiger partial charge in [0.2, 0.25) is 5.91 Å². The van der Waals surface area contributed by atoms with Crippen molar-refractivity contribution in [3.05, 3.63) is 28.2 Å². The molecule has 0 unspecified atom stereocenters. The van der Waals surface area contributed by atoms with E-state index in [1.165, 1.54) is 19.3 Å². The van der Waals surface area contributed by atoms with Crippen molar-refractivity contribution in [2.75, 3.05) is 18.4 Å². The molecule has 2 fully saturated rings. The minimum absolute atomic E-state index is 0.0107. The Morgan fingerprint density at radius 3 is 2.35 bits per heavy atom. The summed E-state index contributed by atoms with van der Waals surface area (Å²) >= 11 is 12.0. The molecule has 2 aliphatic rings. The first kappa shape index (κ1) is 19.3. The average molecular weight is 398 g/mol. The van der Waals surface area contributed by atoms with Crippen LogP contribution in [0.15, 0.2) is 18.2 Å². The number of rotatable bonds is 3. The topological polar surface area (TPSA) is 61.4 Å². The molecule has 1 heterocycles. The van der Waals surface area contributed by atoms with Gasteiger partial charge in [-0.3, -0.25) is 4.79 Å². The second-order valence-electron chi connectivity index (χ2n) is 7.16. The molecule has 2 N–H and O–H groups in total. The standard InChI is InChI=1S/C19H25Cl2N3O2/c20-14-6-7-17(16(21)12-14)23-18(25)13-8-10-24(11-9-13)19(26)22-15-4-2-1-3-5-15/h6-7,12-13,15H,1-5,8-11H2,(H,22,26)(H,23,25). The zero-order chi connectivity index (χ0) is 18.5. The Hall–Kier alpha value is -1.46. The third-order valence-electron chi connectivity index (χ3n) is 5.27. The average Bonchev–Trinajstić information content (AvgIpc) is 2.65. The number of carbonyl (C=O) groups excluding carboxylic acids is 2. The van der Waals surface area contributed by atoms with Crippen LogP contribution in [0.4, 0.5) is 10.5 Å². The van der Waals surface area contributed by atoms with Crippen molar-refractivity contribution in [3.63, 3.8) is 0 Å². The van der Waals surface area contributed by atoms with E-state index in [-0.39, 0.29) is 17.9 Å². The molecule has 0 aromatic heterocycles. The predicted octanol–water partition coefficient (Wildman–Crippen LogP) is 4.69. The van der Waals surface area contributed by atoms with Crippen LogP contribution in [0.3, 0.4) is 0 Å². The van der Waals surface area contributed by atoms with E-state index in [1.54, 1.807) is 18.2 Å². The van der Waals surface area contributed by atoms with E-state index in [0.29, 0.717) is 47.7 Å². The lowest BCUT2D eigenvalue weighted by Crippen LogP contribution is -2.49. The third-order valence-corrected chi connectivity index (χ3v) is 5.82. The summed E-state index contributed by atoms with van der Waals surface area (Å²) in [6.07, 6.45) is 7.13. The van der Waals surface area contributed by atoms with Gasteiger partial charge in [-0.05, 0) is 43.9 Å². The lowest BCUT2D eigenvalue weighted by molar-refractivity contribution is -0.121. The lowest BCUT2D eigenvalue weighted by atomic mass is 9.95. The fraction of sp³-hybridized carbons (Fsp3) is 0.579. The first-order valence-corrected chi connectivity index (χ1v) is 10.1. The van der Waals surface area contributed by atoms with Gasteiger partial charge in [0.1, 0.15) is 0 Å². The van der Waals surface area contributed by atoms with Crippen molar-refractivity contribution in [2.24, 2.45) is 5.92 Å². The lowest BCUT2D eigenvalue weighted by Gasteiger charge is -2.33. The molecule has 1 aromatic carbocycles. The van der Waals surface area contributed by atoms with E-state index in [0.717, 1.165) is 12.8 Å². The van der Waals surface area contributed by atoms with Crippen molar-refractivity contribution >= 4 is 40.8 Å². The second kappa shape index (κ2) is 8.96. The first-order chi connectivity index (χ1) is 12.5. The maximum atomic E-state index is 12.5. The van der Waals surface area contributed by atoms with Crippen LogP contribution in [0, 0.1) is 5.92 Å². The van der Waals surface area contributed by atoms with Crippen LogP contribution in [0.2, 0.25) is 10.0 Å². The number of likely N-dealkylation sites (tertiary alicyclic amines) is 1. The molecular weight excluding hydrogens is 373 g/mol. The van der Waals surface area contributed by atoms with E-state index in [9.17, 15) is 9.59 Å². The number of piperidine rings is 1. The molecule has 1 aliphatic carbocycles. The third kappa shape index (κ3) is 5.04. The minimum atomic E-state index is -0.111. The highest BCUT2D eigenvalue weighted by molar-refractivity contribution is 6.36. The molecule has 3 rings (SSSR count). The van der Waals surface area contributed by atoms with Crippen molar-refractivity contribution in [3.8, 4) is 0 Å². The zero-order valence-corrected chi connectivity index (χ0v) is 16.3. The van der Waals surface area contributed by atoms with Crippen LogP contribution in [0.1, 0.15) is 44.9 Å². The Balaban J connectivity index is 1.46. The van der Waals surface area contributed by atoms with Gasteiger partial charge in [-0.2, -0.15) is 0 Å². The first-order valence-electron chi connectivity index (χ1n) is 9.34. The van der Waals surface area contributed by atoms with Crippen molar-refractivity contribution < 1.29 is 9.59 Å². The predicted molar refractivity (Wildman–Crippen MR) is 105 cm³/mol. The van der Waals surface area contributed by atoms with Crippen molar-refractivity contribution in [2.45, 2.75) is 51.0 Å². The number of nitrogens with one attached hydrogen (secondary N) is 2. The van der Waals surface area contributed by atoms with Gasteiger partial charge in [-0.1, -0.05) is 42.5 Å². The summed E-state index contributed by atoms with van der Waals surface area (Å²) in [5.74, 6) is -0.165. The van der Waals surface area contributed by atoms with Crippen LogP contribution in [-0.4, -0.2) is 36.0 Å². The summed E-state index contributed by atoms with van der Waals surface area (Å²) < 4.78 is 0. The maximum Gasteiger partial charge on any atom is 0.317 e. The van der Waals surface area contributed by atoms with E-state index >= 15 is 0 Å². The number of nitrogens with zero attached hydrogens (tertiary/aromatic N) is 1. The van der Waals surface area contributed by atoms with Gasteiger partial charge in [-0.25, -0.2) is 4.79 Å². The monoisotopic (exact) mass is 397 g/mol. The summed E-state index contributed by atoms with van der Waals surface area (Å²) in [6.45, 7) is 1.20. The van der Waals surface area contributed by atoms with E-state index in [1.807, 2.05) is 4.90 Å². The number of carbonyl (C=O) groups is 2. The summed E-state index contributed by atoms with van der Waals surface area (Å²) in [7, 11) is 0. The van der Waals surface area contributed by atoms with E-state index in [4.69, 9.17) is 23.2 Å². The van der Waals surface area contributed by atoms with Gasteiger partial charge in [0.05, 0.1) is 10.7 Å². The molecule has 5 nitrogen and oxygen atoms in total. The van der Waals surface area contributed by atoms with E-state index in [2.05, 4.69) is 10.6 Å². The normalized spacial score (nSPS) is 19.2. The molecule has 3 amide bonds. The number of hydrogen-bond acceptors (Lipinski definition) is 2. The highest BCUT2D eigenvalue weighted by Crippen LogP contribution is 2.27. The molecule has 0 bridgehead atoms. The molecule has 142 valence electrons. The number of benzene rings is 1. The van der Waals surface area contributed by atoms with Crippen LogP contribution >= 0.6 is 23.2 Å². The molecule has 0 spiro atoms. The van der Waals surface area contributed by atoms with Crippen LogP contribution in [0.5, 0.6) is 0 Å². The highest BCUT2D eigenvalue weighted by Gasteiger charge is 2.28. The molecule has 7 heteroatoms. The molecule has 1 saturated carbocycles. The van der Waals surface area contributed by atoms with Gasteiger partial charge in [0, 0.05) is 30.1 Å². The molecular formula is C19H25Cl2N3O2. The molecule has 1 saturated heterocycles. The molecule has 1 aromatic rings. The van der Waals surface area contributed by atoms with Crippen LogP contribution < -0.4 is 10.6 Å². The van der Waals surface area contributed by atoms with Gasteiger partial charge in [0.25, 0.3) is 0 Å². The van der Waals surface area contributed by atoms with Gasteiger partial charge < -0.3 is 15.5 Å². The minimum Gasteiger partial charge on any atom is -0.335 e. The Kier molecular flexibility index (Phi) is 6.65. The van der Waals surface area contributed by atoms with Crippen LogP contribution in [0.25, 0.3) is 0 Å². The molecule has 0 radical (unpaired) electrons. The number of hydrogen-bond donors (Lipinski definition) is 2. The highest BCUT2D eigenvalue weighted by atomic mass is 35.5. The van der Waals surface area contributed by atoms with Crippen molar-refractivity contribution in [1.82, 2.24) is 10.2 Å². The van der Waals surface area contributed by atoms with Crippen LogP contribution in [-0.2, 0) is 4.79 Å². The smallest absolute Gasteiger partial charge is 0.317 e. The van der Waals surface area contributed by atoms with Gasteiger partial charge in [0.15, 0.2) is 0 Å². The Bertz CT molecular complexity index is 654. The largest absolute Gasteiger partial charge is 0.335 e. The number of halogens is 2. The van der Waals surface area contributed by atoms with Gasteiger partial charge >= 0.3 is 6.03 Å². The zero-order valence-electron chi connectivity index (χ0n) is 14.8. The molecule has 0 atom stereocenters. The summed E-state index contributed by atoms with van der Waals surface area (Å²) in [5, 5.41) is 6.97. The summed E-state index contributed by atoms with van der Waals surface area (Å²) in [5.41, 5.74) is 0.568. The molecule has 1 aliphatic heterocycles. The number of anilines is 1. The Labute approximate surface area is 164 Å². The number of urea groups is 1. The number of amides is 3. The fourth-order valence-electron chi connectivity index (χ4n) is 3.68. The molecule has 26 heavy (non-hydrogen) atoms. The Morgan fingerprint density at radius 2 is 1.69 bits per heavy atom. The summed E-state index contributed by atoms with van der Waals surface area (Å²) in [4.78, 5) is 26.7. The van der Waals surface area contributed by atoms with Crippen molar-refractivity contribution in [1.29, 1.82) is 0 Å².